The lowest BCUT2D eigenvalue weighted by molar-refractivity contribution is -0.123. The van der Waals surface area contributed by atoms with Crippen LogP contribution in [0.3, 0.4) is 0 Å². The quantitative estimate of drug-likeness (QED) is 0.750. The molecular formula is C12H23NO2S. The molecule has 0 heterocycles. The van der Waals surface area contributed by atoms with Gasteiger partial charge in [0.1, 0.15) is 0 Å². The molecule has 2 N–H and O–H groups in total. The van der Waals surface area contributed by atoms with Crippen LogP contribution in [0.5, 0.6) is 0 Å². The smallest absolute Gasteiger partial charge is 0.233 e. The Morgan fingerprint density at radius 3 is 2.50 bits per heavy atom. The molecule has 1 unspecified atom stereocenters. The van der Waals surface area contributed by atoms with E-state index in [1.54, 1.807) is 11.8 Å². The summed E-state index contributed by atoms with van der Waals surface area (Å²) in [5.74, 6) is 1.35. The molecule has 0 aromatic carbocycles. The second-order valence-corrected chi connectivity index (χ2v) is 6.33. The van der Waals surface area contributed by atoms with Crippen LogP contribution in [0, 0.1) is 5.92 Å². The van der Waals surface area contributed by atoms with E-state index >= 15 is 0 Å². The summed E-state index contributed by atoms with van der Waals surface area (Å²) in [4.78, 5) is 11.9. The molecule has 0 radical (unpaired) electrons. The van der Waals surface area contributed by atoms with Gasteiger partial charge in [0, 0.05) is 6.54 Å². The molecule has 0 aliphatic heterocycles. The number of hydrogen-bond acceptors (Lipinski definition) is 3. The molecule has 1 aliphatic carbocycles. The van der Waals surface area contributed by atoms with E-state index in [1.165, 1.54) is 0 Å². The standard InChI is InChI=1S/C12H23NO2S/c1-4-16-10(9(2)3)11(14)13-8-12(15)6-5-7-12/h9-10,15H,4-8H2,1-3H3,(H,13,14). The maximum atomic E-state index is 11.9. The Labute approximate surface area is 102 Å². The molecular weight excluding hydrogens is 222 g/mol. The van der Waals surface area contributed by atoms with Gasteiger partial charge in [0.15, 0.2) is 0 Å². The molecule has 0 bridgehead atoms. The van der Waals surface area contributed by atoms with Gasteiger partial charge in [-0.1, -0.05) is 20.8 Å². The minimum absolute atomic E-state index is 0.00803. The zero-order valence-corrected chi connectivity index (χ0v) is 11.3. The second kappa shape index (κ2) is 5.92. The summed E-state index contributed by atoms with van der Waals surface area (Å²) in [5, 5.41) is 12.8. The summed E-state index contributed by atoms with van der Waals surface area (Å²) in [6, 6.07) is 0. The van der Waals surface area contributed by atoms with Crippen LogP contribution in [0.15, 0.2) is 0 Å². The highest BCUT2D eigenvalue weighted by atomic mass is 32.2. The lowest BCUT2D eigenvalue weighted by Gasteiger charge is -2.37. The van der Waals surface area contributed by atoms with Crippen molar-refractivity contribution in [3.8, 4) is 0 Å². The third-order valence-corrected chi connectivity index (χ3v) is 4.54. The fourth-order valence-corrected chi connectivity index (χ4v) is 2.84. The van der Waals surface area contributed by atoms with Crippen LogP contribution in [-0.2, 0) is 4.79 Å². The summed E-state index contributed by atoms with van der Waals surface area (Å²) in [6.45, 7) is 6.60. The van der Waals surface area contributed by atoms with Crippen LogP contribution in [0.25, 0.3) is 0 Å². The third kappa shape index (κ3) is 3.67. The molecule has 1 saturated carbocycles. The van der Waals surface area contributed by atoms with E-state index in [1.807, 2.05) is 0 Å². The first kappa shape index (κ1) is 13.8. The van der Waals surface area contributed by atoms with E-state index < -0.39 is 5.60 Å². The van der Waals surface area contributed by atoms with Gasteiger partial charge in [-0.2, -0.15) is 0 Å². The van der Waals surface area contributed by atoms with Crippen molar-refractivity contribution in [2.45, 2.75) is 50.9 Å². The molecule has 0 saturated heterocycles. The van der Waals surface area contributed by atoms with Crippen molar-refractivity contribution in [2.24, 2.45) is 5.92 Å². The van der Waals surface area contributed by atoms with Crippen LogP contribution in [0.2, 0.25) is 0 Å². The van der Waals surface area contributed by atoms with Crippen molar-refractivity contribution in [1.82, 2.24) is 5.32 Å². The molecule has 0 aromatic rings. The summed E-state index contributed by atoms with van der Waals surface area (Å²) < 4.78 is 0. The van der Waals surface area contributed by atoms with Gasteiger partial charge in [0.2, 0.25) is 5.91 Å². The lowest BCUT2D eigenvalue weighted by atomic mass is 9.80. The van der Waals surface area contributed by atoms with Gasteiger partial charge >= 0.3 is 0 Å². The summed E-state index contributed by atoms with van der Waals surface area (Å²) in [5.41, 5.74) is -0.617. The highest BCUT2D eigenvalue weighted by Gasteiger charge is 2.35. The van der Waals surface area contributed by atoms with Crippen LogP contribution in [0.4, 0.5) is 0 Å². The monoisotopic (exact) mass is 245 g/mol. The van der Waals surface area contributed by atoms with Crippen molar-refractivity contribution in [2.75, 3.05) is 12.3 Å². The van der Waals surface area contributed by atoms with E-state index in [4.69, 9.17) is 0 Å². The van der Waals surface area contributed by atoms with Gasteiger partial charge < -0.3 is 10.4 Å². The van der Waals surface area contributed by atoms with Crippen molar-refractivity contribution < 1.29 is 9.90 Å². The van der Waals surface area contributed by atoms with E-state index in [0.717, 1.165) is 25.0 Å². The van der Waals surface area contributed by atoms with E-state index in [9.17, 15) is 9.90 Å². The van der Waals surface area contributed by atoms with Gasteiger partial charge in [-0.15, -0.1) is 11.8 Å². The SMILES string of the molecule is CCSC(C(=O)NCC1(O)CCC1)C(C)C. The van der Waals surface area contributed by atoms with Gasteiger partial charge in [0.25, 0.3) is 0 Å². The van der Waals surface area contributed by atoms with Crippen LogP contribution >= 0.6 is 11.8 Å². The van der Waals surface area contributed by atoms with Crippen molar-refractivity contribution in [3.63, 3.8) is 0 Å². The van der Waals surface area contributed by atoms with E-state index in [0.29, 0.717) is 12.5 Å². The minimum atomic E-state index is -0.617. The highest BCUT2D eigenvalue weighted by molar-refractivity contribution is 8.00. The van der Waals surface area contributed by atoms with Gasteiger partial charge in [-0.3, -0.25) is 4.79 Å². The normalized spacial score (nSPS) is 20.3. The summed E-state index contributed by atoms with van der Waals surface area (Å²) in [6.07, 6.45) is 2.71. The number of carbonyl (C=O) groups is 1. The molecule has 94 valence electrons. The molecule has 0 aromatic heterocycles. The number of rotatable bonds is 6. The predicted octanol–water partition coefficient (Wildman–Crippen LogP) is 1.80. The van der Waals surface area contributed by atoms with Crippen molar-refractivity contribution in [3.05, 3.63) is 0 Å². The van der Waals surface area contributed by atoms with Crippen LogP contribution in [0.1, 0.15) is 40.0 Å². The summed E-state index contributed by atoms with van der Waals surface area (Å²) in [7, 11) is 0. The molecule has 1 rings (SSSR count). The minimum Gasteiger partial charge on any atom is -0.388 e. The van der Waals surface area contributed by atoms with E-state index in [-0.39, 0.29) is 11.2 Å². The fourth-order valence-electron chi connectivity index (χ4n) is 1.86. The Morgan fingerprint density at radius 2 is 2.12 bits per heavy atom. The Morgan fingerprint density at radius 1 is 1.50 bits per heavy atom. The molecule has 1 aliphatic rings. The number of thioether (sulfide) groups is 1. The van der Waals surface area contributed by atoms with Crippen LogP contribution in [-0.4, -0.2) is 34.2 Å². The lowest BCUT2D eigenvalue weighted by Crippen LogP contribution is -2.50. The van der Waals surface area contributed by atoms with Gasteiger partial charge in [0.05, 0.1) is 10.9 Å². The third-order valence-electron chi connectivity index (χ3n) is 3.09. The zero-order chi connectivity index (χ0) is 12.2. The molecule has 4 heteroatoms. The molecule has 1 atom stereocenters. The van der Waals surface area contributed by atoms with Gasteiger partial charge in [-0.05, 0) is 30.9 Å². The zero-order valence-electron chi connectivity index (χ0n) is 10.5. The number of hydrogen-bond donors (Lipinski definition) is 2. The van der Waals surface area contributed by atoms with Crippen molar-refractivity contribution in [1.29, 1.82) is 0 Å². The van der Waals surface area contributed by atoms with Gasteiger partial charge in [-0.25, -0.2) is 0 Å². The molecule has 3 nitrogen and oxygen atoms in total. The molecule has 16 heavy (non-hydrogen) atoms. The Balaban J connectivity index is 2.36. The first-order valence-electron chi connectivity index (χ1n) is 6.10. The highest BCUT2D eigenvalue weighted by Crippen LogP contribution is 2.30. The van der Waals surface area contributed by atoms with E-state index in [2.05, 4.69) is 26.1 Å². The molecule has 1 amide bonds. The largest absolute Gasteiger partial charge is 0.388 e. The first-order chi connectivity index (χ1) is 7.48. The topological polar surface area (TPSA) is 49.3 Å². The first-order valence-corrected chi connectivity index (χ1v) is 7.15. The maximum Gasteiger partial charge on any atom is 0.233 e. The average molecular weight is 245 g/mol. The Bertz CT molecular complexity index is 239. The second-order valence-electron chi connectivity index (χ2n) is 4.92. The maximum absolute atomic E-state index is 11.9. The number of carbonyl (C=O) groups excluding carboxylic acids is 1. The Hall–Kier alpha value is -0.220. The number of nitrogens with one attached hydrogen (secondary N) is 1. The predicted molar refractivity (Wildman–Crippen MR) is 68.6 cm³/mol. The number of amides is 1. The summed E-state index contributed by atoms with van der Waals surface area (Å²) >= 11 is 1.68. The van der Waals surface area contributed by atoms with Crippen LogP contribution < -0.4 is 5.32 Å². The molecule has 0 spiro atoms. The Kier molecular flexibility index (Phi) is 5.12. The molecule has 1 fully saturated rings. The average Bonchev–Trinajstić information content (AvgIpc) is 2.19. The van der Waals surface area contributed by atoms with Crippen molar-refractivity contribution >= 4 is 17.7 Å². The number of aliphatic hydroxyl groups is 1. The fraction of sp³-hybridized carbons (Fsp3) is 0.917.